The van der Waals surface area contributed by atoms with Crippen LogP contribution in [0.15, 0.2) is 30.5 Å². The first-order valence-corrected chi connectivity index (χ1v) is 8.36. The summed E-state index contributed by atoms with van der Waals surface area (Å²) < 4.78 is 23.3. The van der Waals surface area contributed by atoms with Crippen LogP contribution in [0.5, 0.6) is 0 Å². The number of pyridine rings is 1. The van der Waals surface area contributed by atoms with E-state index in [1.165, 1.54) is 0 Å². The molecule has 0 radical (unpaired) electrons. The molecular formula is C14H17N3O2S. The quantitative estimate of drug-likeness (QED) is 0.847. The highest BCUT2D eigenvalue weighted by atomic mass is 32.2. The Labute approximate surface area is 118 Å². The predicted octanol–water partition coefficient (Wildman–Crippen LogP) is 1.44. The van der Waals surface area contributed by atoms with Crippen LogP contribution in [0.2, 0.25) is 0 Å². The highest BCUT2D eigenvalue weighted by Crippen LogP contribution is 2.31. The maximum atomic E-state index is 11.6. The molecule has 1 fully saturated rings. The molecule has 3 rings (SSSR count). The minimum Gasteiger partial charge on any atom is -0.398 e. The van der Waals surface area contributed by atoms with Crippen LogP contribution < -0.4 is 10.6 Å². The van der Waals surface area contributed by atoms with E-state index in [4.69, 9.17) is 5.73 Å². The van der Waals surface area contributed by atoms with Gasteiger partial charge in [0.25, 0.3) is 0 Å². The molecule has 1 aromatic heterocycles. The normalized spacial score (nSPS) is 21.1. The van der Waals surface area contributed by atoms with Crippen molar-refractivity contribution in [2.75, 3.05) is 29.2 Å². The fraction of sp³-hybridized carbons (Fsp3) is 0.357. The van der Waals surface area contributed by atoms with Gasteiger partial charge in [0.2, 0.25) is 0 Å². The molecule has 1 saturated heterocycles. The van der Waals surface area contributed by atoms with Gasteiger partial charge in [0.15, 0.2) is 9.84 Å². The summed E-state index contributed by atoms with van der Waals surface area (Å²) in [5, 5.41) is 0.901. The largest absolute Gasteiger partial charge is 0.398 e. The number of sulfone groups is 1. The summed E-state index contributed by atoms with van der Waals surface area (Å²) in [6.07, 6.45) is 2.39. The molecule has 6 heteroatoms. The first-order valence-electron chi connectivity index (χ1n) is 6.54. The van der Waals surface area contributed by atoms with Crippen molar-refractivity contribution in [3.63, 3.8) is 0 Å². The molecule has 0 saturated carbocycles. The van der Waals surface area contributed by atoms with Gasteiger partial charge >= 0.3 is 0 Å². The Hall–Kier alpha value is -1.82. The van der Waals surface area contributed by atoms with Crippen LogP contribution in [0.1, 0.15) is 6.42 Å². The molecule has 2 aromatic rings. The van der Waals surface area contributed by atoms with Crippen LogP contribution in [0, 0.1) is 0 Å². The van der Waals surface area contributed by atoms with Gasteiger partial charge in [-0.2, -0.15) is 0 Å². The van der Waals surface area contributed by atoms with E-state index >= 15 is 0 Å². The Morgan fingerprint density at radius 3 is 2.85 bits per heavy atom. The van der Waals surface area contributed by atoms with Crippen LogP contribution in [0.25, 0.3) is 10.9 Å². The van der Waals surface area contributed by atoms with Crippen molar-refractivity contribution in [3.05, 3.63) is 30.5 Å². The number of rotatable bonds is 2. The number of hydrogen-bond acceptors (Lipinski definition) is 5. The Kier molecular flexibility index (Phi) is 3.05. The average molecular weight is 291 g/mol. The summed E-state index contributed by atoms with van der Waals surface area (Å²) in [5.74, 6) is 0.477. The summed E-state index contributed by atoms with van der Waals surface area (Å²) in [7, 11) is -0.975. The van der Waals surface area contributed by atoms with E-state index in [0.717, 1.165) is 16.6 Å². The fourth-order valence-corrected chi connectivity index (χ4v) is 4.52. The van der Waals surface area contributed by atoms with E-state index in [-0.39, 0.29) is 17.5 Å². The van der Waals surface area contributed by atoms with Gasteiger partial charge in [-0.1, -0.05) is 0 Å². The minimum absolute atomic E-state index is 0.00818. The summed E-state index contributed by atoms with van der Waals surface area (Å²) >= 11 is 0. The van der Waals surface area contributed by atoms with E-state index in [1.807, 2.05) is 36.2 Å². The summed E-state index contributed by atoms with van der Waals surface area (Å²) in [5.41, 5.74) is 8.40. The number of nitrogens with zero attached hydrogens (tertiary/aromatic N) is 2. The van der Waals surface area contributed by atoms with Crippen LogP contribution in [-0.2, 0) is 9.84 Å². The zero-order valence-corrected chi connectivity index (χ0v) is 12.1. The van der Waals surface area contributed by atoms with Crippen molar-refractivity contribution < 1.29 is 8.42 Å². The second-order valence-electron chi connectivity index (χ2n) is 5.24. The Morgan fingerprint density at radius 2 is 2.15 bits per heavy atom. The van der Waals surface area contributed by atoms with Gasteiger partial charge in [-0.25, -0.2) is 8.42 Å². The lowest BCUT2D eigenvalue weighted by molar-refractivity contribution is 0.601. The zero-order chi connectivity index (χ0) is 14.3. The number of aromatic nitrogens is 1. The lowest BCUT2D eigenvalue weighted by Gasteiger charge is -2.26. The van der Waals surface area contributed by atoms with Crippen LogP contribution in [0.4, 0.5) is 11.4 Å². The number of nitrogen functional groups attached to an aromatic ring is 1. The van der Waals surface area contributed by atoms with Crippen molar-refractivity contribution in [2.24, 2.45) is 0 Å². The first kappa shape index (κ1) is 13.2. The Balaban J connectivity index is 2.04. The second-order valence-corrected chi connectivity index (χ2v) is 7.47. The Morgan fingerprint density at radius 1 is 1.35 bits per heavy atom. The maximum absolute atomic E-state index is 11.6. The SMILES string of the molecule is CN(c1ccc(N)c2cccnc12)C1CCS(=O)(=O)C1. The molecule has 1 unspecified atom stereocenters. The smallest absolute Gasteiger partial charge is 0.152 e. The standard InChI is InChI=1S/C14H17N3O2S/c1-17(10-6-8-20(18,19)9-10)13-5-4-12(15)11-3-2-7-16-14(11)13/h2-5,7,10H,6,8-9,15H2,1H3. The van der Waals surface area contributed by atoms with Gasteiger partial charge in [-0.3, -0.25) is 4.98 Å². The molecule has 0 spiro atoms. The van der Waals surface area contributed by atoms with Crippen LogP contribution in [0.3, 0.4) is 0 Å². The minimum atomic E-state index is -2.90. The molecule has 106 valence electrons. The van der Waals surface area contributed by atoms with Gasteiger partial charge in [0.05, 0.1) is 22.7 Å². The fourth-order valence-electron chi connectivity index (χ4n) is 2.74. The summed E-state index contributed by atoms with van der Waals surface area (Å²) in [6.45, 7) is 0. The molecule has 1 aliphatic heterocycles. The number of benzene rings is 1. The van der Waals surface area contributed by atoms with E-state index in [0.29, 0.717) is 12.1 Å². The van der Waals surface area contributed by atoms with E-state index in [1.54, 1.807) is 6.20 Å². The number of fused-ring (bicyclic) bond motifs is 1. The number of hydrogen-bond donors (Lipinski definition) is 1. The van der Waals surface area contributed by atoms with Gasteiger partial charge in [-0.05, 0) is 30.7 Å². The number of anilines is 2. The van der Waals surface area contributed by atoms with Crippen molar-refractivity contribution >= 4 is 32.1 Å². The maximum Gasteiger partial charge on any atom is 0.152 e. The third-order valence-corrected chi connectivity index (χ3v) is 5.67. The highest BCUT2D eigenvalue weighted by molar-refractivity contribution is 7.91. The molecule has 0 bridgehead atoms. The lowest BCUT2D eigenvalue weighted by Crippen LogP contribution is -2.32. The third kappa shape index (κ3) is 2.20. The van der Waals surface area contributed by atoms with E-state index < -0.39 is 9.84 Å². The van der Waals surface area contributed by atoms with Crippen molar-refractivity contribution in [3.8, 4) is 0 Å². The molecule has 0 amide bonds. The molecular weight excluding hydrogens is 274 g/mol. The summed E-state index contributed by atoms with van der Waals surface area (Å²) in [4.78, 5) is 6.41. The van der Waals surface area contributed by atoms with Crippen molar-refractivity contribution in [1.29, 1.82) is 0 Å². The molecule has 1 atom stereocenters. The van der Waals surface area contributed by atoms with Gasteiger partial charge in [0.1, 0.15) is 0 Å². The first-order chi connectivity index (χ1) is 9.48. The molecule has 2 heterocycles. The van der Waals surface area contributed by atoms with Crippen molar-refractivity contribution in [1.82, 2.24) is 4.98 Å². The monoisotopic (exact) mass is 291 g/mol. The molecule has 1 aliphatic rings. The molecule has 2 N–H and O–H groups in total. The highest BCUT2D eigenvalue weighted by Gasteiger charge is 2.31. The van der Waals surface area contributed by atoms with Crippen molar-refractivity contribution in [2.45, 2.75) is 12.5 Å². The zero-order valence-electron chi connectivity index (χ0n) is 11.3. The van der Waals surface area contributed by atoms with Gasteiger partial charge in [0, 0.05) is 30.4 Å². The molecule has 20 heavy (non-hydrogen) atoms. The van der Waals surface area contributed by atoms with E-state index in [9.17, 15) is 8.42 Å². The predicted molar refractivity (Wildman–Crippen MR) is 81.6 cm³/mol. The molecule has 1 aromatic carbocycles. The average Bonchev–Trinajstić information content (AvgIpc) is 2.79. The van der Waals surface area contributed by atoms with Gasteiger partial charge < -0.3 is 10.6 Å². The second kappa shape index (κ2) is 4.63. The third-order valence-electron chi connectivity index (χ3n) is 3.92. The molecule has 0 aliphatic carbocycles. The van der Waals surface area contributed by atoms with Crippen LogP contribution in [-0.4, -0.2) is 38.0 Å². The van der Waals surface area contributed by atoms with Gasteiger partial charge in [-0.15, -0.1) is 0 Å². The molecule has 5 nitrogen and oxygen atoms in total. The van der Waals surface area contributed by atoms with E-state index in [2.05, 4.69) is 4.98 Å². The Bertz CT molecular complexity index is 758. The summed E-state index contributed by atoms with van der Waals surface area (Å²) in [6, 6.07) is 7.55. The number of nitrogens with two attached hydrogens (primary N) is 1. The lowest BCUT2D eigenvalue weighted by atomic mass is 10.1. The topological polar surface area (TPSA) is 76.3 Å². The van der Waals surface area contributed by atoms with Crippen LogP contribution >= 0.6 is 0 Å².